The minimum absolute atomic E-state index is 0.227. The van der Waals surface area contributed by atoms with Gasteiger partial charge in [-0.1, -0.05) is 96.9 Å². The number of unbranched alkanes of at least 4 members (excludes halogenated alkanes) is 1. The van der Waals surface area contributed by atoms with Gasteiger partial charge in [0.2, 0.25) is 5.91 Å². The number of nitrogens with one attached hydrogen (secondary N) is 3. The second-order valence-corrected chi connectivity index (χ2v) is 13.0. The topological polar surface area (TPSA) is 134 Å². The van der Waals surface area contributed by atoms with E-state index >= 15 is 0 Å². The van der Waals surface area contributed by atoms with Crippen LogP contribution in [0.3, 0.4) is 0 Å². The van der Waals surface area contributed by atoms with Gasteiger partial charge in [0, 0.05) is 19.6 Å². The van der Waals surface area contributed by atoms with E-state index in [1.54, 1.807) is 31.4 Å². The molecule has 272 valence electrons. The van der Waals surface area contributed by atoms with Crippen molar-refractivity contribution in [2.24, 2.45) is 0 Å². The van der Waals surface area contributed by atoms with Gasteiger partial charge in [-0.05, 0) is 68.0 Å². The number of hydrogen-bond donors (Lipinski definition) is 4. The normalized spacial score (nSPS) is 12.3. The molecule has 0 aliphatic carbocycles. The zero-order chi connectivity index (χ0) is 37.3. The molecule has 52 heavy (non-hydrogen) atoms. The van der Waals surface area contributed by atoms with E-state index < -0.39 is 29.0 Å². The zero-order valence-corrected chi connectivity index (χ0v) is 30.4. The molecule has 0 spiro atoms. The molecule has 5 rings (SSSR count). The van der Waals surface area contributed by atoms with Crippen LogP contribution in [0.15, 0.2) is 109 Å². The molecule has 4 aromatic rings. The highest BCUT2D eigenvalue weighted by molar-refractivity contribution is 7.81. The van der Waals surface area contributed by atoms with Crippen molar-refractivity contribution in [3.05, 3.63) is 137 Å². The van der Waals surface area contributed by atoms with Gasteiger partial charge in [0.15, 0.2) is 6.04 Å². The first-order valence-electron chi connectivity index (χ1n) is 17.4. The summed E-state index contributed by atoms with van der Waals surface area (Å²) in [6.45, 7) is 2.88. The van der Waals surface area contributed by atoms with Crippen LogP contribution < -0.4 is 20.7 Å². The van der Waals surface area contributed by atoms with Gasteiger partial charge < -0.3 is 20.7 Å². The van der Waals surface area contributed by atoms with Crippen molar-refractivity contribution < 1.29 is 28.7 Å². The Balaban J connectivity index is 0.000000585. The highest BCUT2D eigenvalue weighted by atomic mass is 32.1. The Kier molecular flexibility index (Phi) is 15.5. The smallest absolute Gasteiger partial charge is 0.261 e. The largest absolute Gasteiger partial charge is 0.497 e. The summed E-state index contributed by atoms with van der Waals surface area (Å²) >= 11 is 4.41. The molecule has 1 unspecified atom stereocenters. The zero-order valence-electron chi connectivity index (χ0n) is 29.5. The minimum atomic E-state index is -1.42. The summed E-state index contributed by atoms with van der Waals surface area (Å²) in [5.74, 6) is -1.48. The maximum atomic E-state index is 13.0. The van der Waals surface area contributed by atoms with Gasteiger partial charge in [-0.3, -0.25) is 28.9 Å². The van der Waals surface area contributed by atoms with Gasteiger partial charge in [0.1, 0.15) is 5.75 Å². The average Bonchev–Trinajstić information content (AvgIpc) is 3.41. The molecule has 3 N–H and O–H groups in total. The lowest BCUT2D eigenvalue weighted by Gasteiger charge is -2.20. The van der Waals surface area contributed by atoms with E-state index in [0.29, 0.717) is 56.3 Å². The van der Waals surface area contributed by atoms with Crippen molar-refractivity contribution in [2.75, 3.05) is 26.7 Å². The number of carbonyl (C=O) groups is 5. The number of aryl methyl sites for hydroxylation is 1. The fourth-order valence-corrected chi connectivity index (χ4v) is 5.75. The first-order valence-corrected chi connectivity index (χ1v) is 17.9. The summed E-state index contributed by atoms with van der Waals surface area (Å²) in [7, 11) is 1.67. The molecule has 1 aliphatic heterocycles. The molecule has 0 saturated carbocycles. The molecule has 11 heteroatoms. The number of rotatable bonds is 16. The number of amides is 5. The summed E-state index contributed by atoms with van der Waals surface area (Å²) in [5, 5.41) is 7.28. The van der Waals surface area contributed by atoms with E-state index in [2.05, 4.69) is 35.5 Å². The van der Waals surface area contributed by atoms with Gasteiger partial charge in [-0.25, -0.2) is 0 Å². The standard InChI is InChI=1S/C33H36N4O5S.C8H10O/c38-29(27(43)17-9-10-22-37-32(41)25-15-7-8-16-26(25)33(37)42)36-28(30(39)34-20-18-23-11-3-1-4-12-23)31(40)35-21-19-24-13-5-2-6-14-24;1-7-3-5-8(9-2)6-4-7/h1-8,11-16,27-28,43H,9-10,17-22H2,(H,34,39)(H,35,40)(H,36,38);3-6H,1-2H3. The van der Waals surface area contributed by atoms with Crippen molar-refractivity contribution in [1.82, 2.24) is 20.9 Å². The van der Waals surface area contributed by atoms with Crippen molar-refractivity contribution >= 4 is 42.2 Å². The predicted octanol–water partition coefficient (Wildman–Crippen LogP) is 4.96. The third-order valence-electron chi connectivity index (χ3n) is 8.47. The molecule has 0 bridgehead atoms. The molecule has 0 fully saturated rings. The number of benzene rings is 4. The lowest BCUT2D eigenvalue weighted by Crippen LogP contribution is -2.57. The maximum Gasteiger partial charge on any atom is 0.261 e. The molecule has 0 radical (unpaired) electrons. The van der Waals surface area contributed by atoms with Crippen molar-refractivity contribution in [3.8, 4) is 5.75 Å². The molecule has 5 amide bonds. The Morgan fingerprint density at radius 3 is 1.63 bits per heavy atom. The first kappa shape index (κ1) is 39.4. The van der Waals surface area contributed by atoms with Crippen LogP contribution >= 0.6 is 12.6 Å². The highest BCUT2D eigenvalue weighted by Gasteiger charge is 2.34. The summed E-state index contributed by atoms with van der Waals surface area (Å²) in [6, 6.07) is 32.5. The number of imide groups is 1. The van der Waals surface area contributed by atoms with Crippen LogP contribution in [-0.2, 0) is 27.2 Å². The molecule has 1 atom stereocenters. The highest BCUT2D eigenvalue weighted by Crippen LogP contribution is 2.23. The fraction of sp³-hybridized carbons (Fsp3) is 0.293. The van der Waals surface area contributed by atoms with Crippen LogP contribution in [0.4, 0.5) is 0 Å². The van der Waals surface area contributed by atoms with Gasteiger partial charge in [-0.2, -0.15) is 12.6 Å². The molecule has 0 aromatic heterocycles. The third-order valence-corrected chi connectivity index (χ3v) is 8.96. The first-order chi connectivity index (χ1) is 25.2. The molecule has 10 nitrogen and oxygen atoms in total. The Morgan fingerprint density at radius 1 is 0.673 bits per heavy atom. The lowest BCUT2D eigenvalue weighted by atomic mass is 10.1. The number of nitrogens with zero attached hydrogens (tertiary/aromatic N) is 1. The van der Waals surface area contributed by atoms with Crippen LogP contribution in [0.2, 0.25) is 0 Å². The van der Waals surface area contributed by atoms with Gasteiger partial charge in [0.05, 0.1) is 23.5 Å². The molecule has 1 heterocycles. The number of thiol groups is 1. The average molecular weight is 723 g/mol. The number of carbonyl (C=O) groups excluding carboxylic acids is 5. The van der Waals surface area contributed by atoms with Crippen LogP contribution in [0, 0.1) is 6.92 Å². The van der Waals surface area contributed by atoms with E-state index in [4.69, 9.17) is 4.74 Å². The summed E-state index contributed by atoms with van der Waals surface area (Å²) in [5.41, 5.74) is 4.12. The van der Waals surface area contributed by atoms with Gasteiger partial charge in [-0.15, -0.1) is 0 Å². The van der Waals surface area contributed by atoms with Crippen molar-refractivity contribution in [3.63, 3.8) is 0 Å². The van der Waals surface area contributed by atoms with Crippen LogP contribution in [0.5, 0.6) is 5.75 Å². The molecular weight excluding hydrogens is 677 g/mol. The van der Waals surface area contributed by atoms with Crippen molar-refractivity contribution in [1.29, 1.82) is 0 Å². The minimum Gasteiger partial charge on any atom is -0.497 e. The Bertz CT molecular complexity index is 1690. The summed E-state index contributed by atoms with van der Waals surface area (Å²) in [4.78, 5) is 65.4. The van der Waals surface area contributed by atoms with Crippen LogP contribution in [0.1, 0.15) is 56.7 Å². The predicted molar refractivity (Wildman–Crippen MR) is 204 cm³/mol. The van der Waals surface area contributed by atoms with Gasteiger partial charge in [0.25, 0.3) is 23.6 Å². The second kappa shape index (κ2) is 20.4. The Hall–Kier alpha value is -5.42. The van der Waals surface area contributed by atoms with E-state index in [1.807, 2.05) is 84.9 Å². The van der Waals surface area contributed by atoms with E-state index in [0.717, 1.165) is 16.9 Å². The Morgan fingerprint density at radius 2 is 1.15 bits per heavy atom. The molecule has 0 saturated heterocycles. The Labute approximate surface area is 310 Å². The van der Waals surface area contributed by atoms with E-state index in [1.165, 1.54) is 10.5 Å². The van der Waals surface area contributed by atoms with Gasteiger partial charge >= 0.3 is 0 Å². The van der Waals surface area contributed by atoms with E-state index in [9.17, 15) is 24.0 Å². The molecule has 1 aliphatic rings. The third kappa shape index (κ3) is 11.8. The maximum absolute atomic E-state index is 13.0. The molecular formula is C41H46N4O6S. The number of hydrogen-bond acceptors (Lipinski definition) is 7. The monoisotopic (exact) mass is 722 g/mol. The SMILES string of the molecule is COc1ccc(C)cc1.O=C(NC(C(=O)NCCc1ccccc1)C(=O)NCCc1ccccc1)C(S)CCCCN1C(=O)c2ccccc2C1=O. The number of fused-ring (bicyclic) bond motifs is 1. The summed E-state index contributed by atoms with van der Waals surface area (Å²) in [6.07, 6.45) is 2.47. The van der Waals surface area contributed by atoms with Crippen LogP contribution in [-0.4, -0.2) is 72.5 Å². The van der Waals surface area contributed by atoms with E-state index in [-0.39, 0.29) is 18.4 Å². The summed E-state index contributed by atoms with van der Waals surface area (Å²) < 4.78 is 4.97. The number of ether oxygens (including phenoxy) is 1. The van der Waals surface area contributed by atoms with Crippen molar-refractivity contribution in [2.45, 2.75) is 50.3 Å². The number of methoxy groups -OCH3 is 1. The fourth-order valence-electron chi connectivity index (χ4n) is 5.50. The second-order valence-electron chi connectivity index (χ2n) is 12.3. The molecule has 4 aromatic carbocycles. The lowest BCUT2D eigenvalue weighted by molar-refractivity contribution is -0.136. The quantitative estimate of drug-likeness (QED) is 0.0560. The van der Waals surface area contributed by atoms with Crippen LogP contribution in [0.25, 0.3) is 0 Å².